The van der Waals surface area contributed by atoms with Gasteiger partial charge in [0.2, 0.25) is 35.4 Å². The lowest BCUT2D eigenvalue weighted by Gasteiger charge is -2.30. The van der Waals surface area contributed by atoms with Gasteiger partial charge in [0.05, 0.1) is 18.7 Å². The largest absolute Gasteiger partial charge is 0.508 e. The number of likely N-dealkylation sites (tertiary alicyclic amines) is 1. The molecule has 20 nitrogen and oxygen atoms in total. The van der Waals surface area contributed by atoms with Crippen molar-refractivity contribution in [1.29, 1.82) is 0 Å². The van der Waals surface area contributed by atoms with Crippen LogP contribution in [0.1, 0.15) is 49.2 Å². The van der Waals surface area contributed by atoms with Crippen molar-refractivity contribution in [3.8, 4) is 5.75 Å². The van der Waals surface area contributed by atoms with Gasteiger partial charge < -0.3 is 57.4 Å². The molecule has 11 N–H and O–H groups in total. The number of carbonyl (C=O) groups excluding carboxylic acids is 6. The Labute approximate surface area is 350 Å². The second-order valence-corrected chi connectivity index (χ2v) is 14.9. The molecule has 324 valence electrons. The van der Waals surface area contributed by atoms with Crippen molar-refractivity contribution in [1.82, 2.24) is 51.4 Å². The Bertz CT molecular complexity index is 2120. The first-order valence-corrected chi connectivity index (χ1v) is 19.8. The predicted octanol–water partition coefficient (Wildman–Crippen LogP) is -1.02. The number of carboxylic acid groups (broad SMARTS) is 1. The van der Waals surface area contributed by atoms with E-state index in [-0.39, 0.29) is 44.4 Å². The number of aliphatic carboxylic acids is 1. The molecule has 3 heterocycles. The van der Waals surface area contributed by atoms with E-state index in [1.165, 1.54) is 55.9 Å². The van der Waals surface area contributed by atoms with Gasteiger partial charge in [-0.2, -0.15) is 0 Å². The quantitative estimate of drug-likeness (QED) is 0.0512. The van der Waals surface area contributed by atoms with E-state index >= 15 is 0 Å². The molecule has 2 aromatic heterocycles. The van der Waals surface area contributed by atoms with Gasteiger partial charge >= 0.3 is 5.97 Å². The van der Waals surface area contributed by atoms with Crippen LogP contribution in [0.25, 0.3) is 0 Å². The molecule has 0 saturated carbocycles. The maximum Gasteiger partial charge on any atom is 0.326 e. The van der Waals surface area contributed by atoms with Crippen molar-refractivity contribution in [3.05, 3.63) is 102 Å². The second kappa shape index (κ2) is 21.3. The van der Waals surface area contributed by atoms with E-state index in [0.29, 0.717) is 28.9 Å². The summed E-state index contributed by atoms with van der Waals surface area (Å²) in [6.07, 6.45) is 6.52. The van der Waals surface area contributed by atoms with Crippen molar-refractivity contribution >= 4 is 41.4 Å². The normalized spacial score (nSPS) is 16.5. The van der Waals surface area contributed by atoms with Crippen LogP contribution >= 0.6 is 0 Å². The number of nitrogens with one attached hydrogen (secondary N) is 7. The number of carboxylic acids is 1. The molecule has 0 aliphatic carbocycles. The van der Waals surface area contributed by atoms with Gasteiger partial charge in [0.25, 0.3) is 0 Å². The summed E-state index contributed by atoms with van der Waals surface area (Å²) in [5, 5.41) is 32.8. The van der Waals surface area contributed by atoms with Gasteiger partial charge in [0.15, 0.2) is 0 Å². The molecule has 2 aromatic carbocycles. The fraction of sp³-hybridized carbons (Fsp3) is 0.390. The molecule has 0 spiro atoms. The number of H-pyrrole nitrogens is 2. The van der Waals surface area contributed by atoms with E-state index in [0.717, 1.165) is 0 Å². The van der Waals surface area contributed by atoms with Gasteiger partial charge in [-0.25, -0.2) is 14.8 Å². The molecule has 0 radical (unpaired) electrons. The molecule has 1 aliphatic rings. The number of nitrogens with zero attached hydrogens (tertiary/aromatic N) is 3. The van der Waals surface area contributed by atoms with Gasteiger partial charge in [-0.3, -0.25) is 28.8 Å². The number of rotatable bonds is 20. The molecule has 1 aliphatic heterocycles. The summed E-state index contributed by atoms with van der Waals surface area (Å²) in [5.41, 5.74) is 8.32. The molecule has 20 heteroatoms. The first kappa shape index (κ1) is 45.0. The van der Waals surface area contributed by atoms with Crippen LogP contribution in [-0.2, 0) is 59.2 Å². The Morgan fingerprint density at radius 2 is 1.26 bits per heavy atom. The Hall–Kier alpha value is -7.09. The average Bonchev–Trinajstić information content (AvgIpc) is 4.05. The predicted molar refractivity (Wildman–Crippen MR) is 218 cm³/mol. The summed E-state index contributed by atoms with van der Waals surface area (Å²) < 4.78 is 0. The van der Waals surface area contributed by atoms with Crippen LogP contribution < -0.4 is 32.3 Å². The molecule has 6 amide bonds. The maximum atomic E-state index is 14.3. The Morgan fingerprint density at radius 1 is 0.705 bits per heavy atom. The molecule has 1 fully saturated rings. The number of carbonyl (C=O) groups is 7. The number of hydrogen-bond acceptors (Lipinski definition) is 11. The summed E-state index contributed by atoms with van der Waals surface area (Å²) >= 11 is 0. The van der Waals surface area contributed by atoms with Crippen LogP contribution in [-0.4, -0.2) is 125 Å². The van der Waals surface area contributed by atoms with Crippen molar-refractivity contribution in [2.75, 3.05) is 6.54 Å². The Balaban J connectivity index is 1.28. The maximum absolute atomic E-state index is 14.3. The van der Waals surface area contributed by atoms with Crippen LogP contribution in [0.5, 0.6) is 5.75 Å². The van der Waals surface area contributed by atoms with Crippen LogP contribution in [0.3, 0.4) is 0 Å². The summed E-state index contributed by atoms with van der Waals surface area (Å²) in [5.74, 6) is -5.39. The van der Waals surface area contributed by atoms with Gasteiger partial charge in [-0.05, 0) is 49.9 Å². The third-order valence-electron chi connectivity index (χ3n) is 10.2. The van der Waals surface area contributed by atoms with Crippen LogP contribution in [0.4, 0.5) is 0 Å². The monoisotopic (exact) mass is 841 g/mol. The van der Waals surface area contributed by atoms with E-state index in [9.17, 15) is 43.8 Å². The third-order valence-corrected chi connectivity index (χ3v) is 10.2. The third kappa shape index (κ3) is 12.9. The highest BCUT2D eigenvalue weighted by Gasteiger charge is 2.40. The Kier molecular flexibility index (Phi) is 15.7. The van der Waals surface area contributed by atoms with E-state index in [4.69, 9.17) is 5.73 Å². The van der Waals surface area contributed by atoms with Crippen molar-refractivity contribution in [2.45, 2.75) is 94.7 Å². The van der Waals surface area contributed by atoms with Crippen LogP contribution in [0.2, 0.25) is 0 Å². The molecule has 4 aromatic rings. The van der Waals surface area contributed by atoms with Crippen molar-refractivity contribution < 1.29 is 43.8 Å². The van der Waals surface area contributed by atoms with Gasteiger partial charge in [0, 0.05) is 56.0 Å². The molecule has 7 atom stereocenters. The first-order valence-electron chi connectivity index (χ1n) is 19.8. The fourth-order valence-corrected chi connectivity index (χ4v) is 6.80. The lowest BCUT2D eigenvalue weighted by molar-refractivity contribution is -0.145. The fourth-order valence-electron chi connectivity index (χ4n) is 6.80. The Morgan fingerprint density at radius 3 is 1.87 bits per heavy atom. The lowest BCUT2D eigenvalue weighted by atomic mass is 10.0. The summed E-state index contributed by atoms with van der Waals surface area (Å²) in [6.45, 7) is 2.96. The van der Waals surface area contributed by atoms with Gasteiger partial charge in [-0.1, -0.05) is 42.5 Å². The molecule has 0 unspecified atom stereocenters. The minimum Gasteiger partial charge on any atom is -0.508 e. The summed E-state index contributed by atoms with van der Waals surface area (Å²) in [6, 6.07) is 6.56. The number of phenols is 1. The molecule has 0 bridgehead atoms. The topological polar surface area (TPSA) is 307 Å². The number of phenolic OH excluding ortho intramolecular Hbond substituents is 1. The number of nitrogens with two attached hydrogens (primary N) is 1. The van der Waals surface area contributed by atoms with E-state index in [1.807, 2.05) is 0 Å². The van der Waals surface area contributed by atoms with E-state index in [2.05, 4.69) is 46.5 Å². The highest BCUT2D eigenvalue weighted by Crippen LogP contribution is 2.21. The summed E-state index contributed by atoms with van der Waals surface area (Å²) in [4.78, 5) is 109. The molecule has 5 rings (SSSR count). The SMILES string of the molecule is C[C@H](NC(=O)[C@H](C)NC(=O)[C@@H](N)Cc1cnc[nH]1)C(=O)N[C@@H](Cc1ccc(O)cc1)C(=O)N[C@@H](Cc1cnc[nH]1)C(=O)N1CCC[C@H]1C(=O)N[C@@H](Cc1ccccc1)C(=O)O. The number of imidazole rings is 2. The number of aromatic nitrogens is 4. The average molecular weight is 842 g/mol. The number of hydrogen-bond donors (Lipinski definition) is 10. The van der Waals surface area contributed by atoms with Crippen LogP contribution in [0, 0.1) is 0 Å². The van der Waals surface area contributed by atoms with E-state index < -0.39 is 83.7 Å². The molecular formula is C41H51N11O9. The highest BCUT2D eigenvalue weighted by atomic mass is 16.4. The van der Waals surface area contributed by atoms with Gasteiger partial charge in [-0.15, -0.1) is 0 Å². The first-order chi connectivity index (χ1) is 29.2. The number of benzene rings is 2. The van der Waals surface area contributed by atoms with Crippen molar-refractivity contribution in [3.63, 3.8) is 0 Å². The van der Waals surface area contributed by atoms with E-state index in [1.54, 1.807) is 42.5 Å². The van der Waals surface area contributed by atoms with Gasteiger partial charge in [0.1, 0.15) is 42.0 Å². The minimum atomic E-state index is -1.32. The lowest BCUT2D eigenvalue weighted by Crippen LogP contribution is -2.60. The molecule has 61 heavy (non-hydrogen) atoms. The molecule has 1 saturated heterocycles. The minimum absolute atomic E-state index is 0.0229. The number of aromatic amines is 2. The van der Waals surface area contributed by atoms with Crippen LogP contribution in [0.15, 0.2) is 79.6 Å². The highest BCUT2D eigenvalue weighted by molar-refractivity contribution is 5.97. The smallest absolute Gasteiger partial charge is 0.326 e. The number of amides is 6. The summed E-state index contributed by atoms with van der Waals surface area (Å²) in [7, 11) is 0. The molecular weight excluding hydrogens is 791 g/mol. The number of aromatic hydroxyl groups is 1. The zero-order chi connectivity index (χ0) is 44.1. The zero-order valence-electron chi connectivity index (χ0n) is 33.7. The standard InChI is InChI=1S/C41H51N11O9/c1-23(48-37(56)30(42)17-27-19-43-21-45-27)35(54)47-24(2)36(55)49-31(15-26-10-12-29(53)13-11-26)38(57)50-32(18-28-20-44-22-46-28)40(59)52-14-6-9-34(52)39(58)51-33(41(60)61)16-25-7-4-3-5-8-25/h3-5,7-8,10-13,19-24,30-34,53H,6,9,14-18,42H2,1-2H3,(H,43,45)(H,44,46)(H,47,54)(H,48,56)(H,49,55)(H,50,57)(H,51,58)(H,60,61)/t23-,24-,30-,31-,32-,33-,34-/m0/s1. The zero-order valence-corrected chi connectivity index (χ0v) is 33.7. The second-order valence-electron chi connectivity index (χ2n) is 14.9. The van der Waals surface area contributed by atoms with Crippen molar-refractivity contribution in [2.24, 2.45) is 5.73 Å².